The van der Waals surface area contributed by atoms with Gasteiger partial charge in [0.1, 0.15) is 6.04 Å². The lowest BCUT2D eigenvalue weighted by Crippen LogP contribution is -2.32. The van der Waals surface area contributed by atoms with Gasteiger partial charge in [-0.3, -0.25) is 14.6 Å². The van der Waals surface area contributed by atoms with Crippen LogP contribution in [0.3, 0.4) is 0 Å². The van der Waals surface area contributed by atoms with Gasteiger partial charge in [0.25, 0.3) is 0 Å². The zero-order chi connectivity index (χ0) is 25.0. The largest absolute Gasteiger partial charge is 0.480 e. The lowest BCUT2D eigenvalue weighted by molar-refractivity contribution is -0.150. The normalized spacial score (nSPS) is 16.1. The summed E-state index contributed by atoms with van der Waals surface area (Å²) in [5.74, 6) is -4.50. The summed E-state index contributed by atoms with van der Waals surface area (Å²) < 4.78 is 99.5. The first-order valence-electron chi connectivity index (χ1n) is 9.52. The van der Waals surface area contributed by atoms with Gasteiger partial charge in [-0.15, -0.1) is 0 Å². The van der Waals surface area contributed by atoms with E-state index in [1.807, 2.05) is 0 Å². The van der Waals surface area contributed by atoms with Gasteiger partial charge in [0.15, 0.2) is 0 Å². The molecule has 33 heavy (non-hydrogen) atoms. The van der Waals surface area contributed by atoms with Crippen LogP contribution in [-0.4, -0.2) is 44.0 Å². The smallest absolute Gasteiger partial charge is 0.417 e. The number of hydrogen-bond donors (Lipinski definition) is 3. The van der Waals surface area contributed by atoms with Gasteiger partial charge in [0.05, 0.1) is 11.5 Å². The van der Waals surface area contributed by atoms with Crippen LogP contribution in [0, 0.1) is 4.78 Å². The number of nitrogens with two attached hydrogens (primary N) is 1. The Morgan fingerprint density at radius 1 is 1.03 bits per heavy atom. The molecule has 0 radical (unpaired) electrons. The second kappa shape index (κ2) is 10.1. The third-order valence-corrected chi connectivity index (χ3v) is 6.71. The van der Waals surface area contributed by atoms with Gasteiger partial charge in [-0.2, -0.15) is 26.3 Å². The first kappa shape index (κ1) is 26.6. The van der Waals surface area contributed by atoms with Crippen LogP contribution in [0.15, 0.2) is 42.7 Å². The minimum absolute atomic E-state index is 0.0730. The predicted molar refractivity (Wildman–Crippen MR) is 109 cm³/mol. The average Bonchev–Trinajstić information content (AvgIpc) is 2.71. The molecule has 2 unspecified atom stereocenters. The Bertz CT molecular complexity index is 1070. The quantitative estimate of drug-likeness (QED) is 0.436. The second-order valence-corrected chi connectivity index (χ2v) is 9.86. The topological polar surface area (TPSA) is 117 Å². The van der Waals surface area contributed by atoms with Gasteiger partial charge in [0.2, 0.25) is 0 Å². The number of carbonyl (C=O) groups is 1. The molecule has 0 aliphatic heterocycles. The molecule has 3 atom stereocenters. The molecule has 13 heteroatoms. The molecule has 0 aliphatic carbocycles. The number of carboxylic acid groups (broad SMARTS) is 1. The molecule has 182 valence electrons. The highest BCUT2D eigenvalue weighted by Gasteiger charge is 2.40. The summed E-state index contributed by atoms with van der Waals surface area (Å²) in [4.78, 5) is 14.2. The number of rotatable bonds is 9. The van der Waals surface area contributed by atoms with Crippen molar-refractivity contribution in [1.82, 2.24) is 4.98 Å². The van der Waals surface area contributed by atoms with E-state index in [9.17, 15) is 35.3 Å². The van der Waals surface area contributed by atoms with Crippen LogP contribution in [-0.2, 0) is 20.7 Å². The van der Waals surface area contributed by atoms with Crippen LogP contribution < -0.4 is 5.73 Å². The first-order valence-corrected chi connectivity index (χ1v) is 11.4. The van der Waals surface area contributed by atoms with Crippen LogP contribution in [0.4, 0.5) is 26.3 Å². The van der Waals surface area contributed by atoms with Crippen LogP contribution >= 0.6 is 0 Å². The van der Waals surface area contributed by atoms with Crippen LogP contribution in [0.1, 0.15) is 29.9 Å². The number of halogens is 6. The molecule has 0 saturated carbocycles. The molecule has 6 nitrogen and oxygen atoms in total. The maximum Gasteiger partial charge on any atom is 0.417 e. The van der Waals surface area contributed by atoms with Gasteiger partial charge >= 0.3 is 18.3 Å². The van der Waals surface area contributed by atoms with Crippen molar-refractivity contribution in [3.63, 3.8) is 0 Å². The molecule has 0 saturated heterocycles. The maximum absolute atomic E-state index is 13.6. The highest BCUT2D eigenvalue weighted by molar-refractivity contribution is 7.92. The molecule has 1 aromatic carbocycles. The Morgan fingerprint density at radius 2 is 1.61 bits per heavy atom. The summed E-state index contributed by atoms with van der Waals surface area (Å²) >= 11 is 0. The molecule has 0 amide bonds. The van der Waals surface area contributed by atoms with E-state index in [1.165, 1.54) is 12.1 Å². The molecule has 2 aromatic rings. The van der Waals surface area contributed by atoms with Crippen molar-refractivity contribution in [3.8, 4) is 11.1 Å². The molecule has 1 aromatic heterocycles. The standard InChI is InChI=1S/C20H21F6N3O3S/c21-19(22,23)15-9-14(10-29-11-15)12-1-3-13(4-2-12)16(20(24,25)26)5-7-33(28,32)8-6-17(27)18(30)31/h1-4,9-11,16-17,28H,5-8,27H2,(H,30,31)/t16?,17-,33?/m0/s1. The molecule has 2 rings (SSSR count). The molecule has 0 bridgehead atoms. The van der Waals surface area contributed by atoms with Crippen LogP contribution in [0.25, 0.3) is 11.1 Å². The van der Waals surface area contributed by atoms with E-state index in [-0.39, 0.29) is 23.1 Å². The zero-order valence-corrected chi connectivity index (χ0v) is 17.8. The highest BCUT2D eigenvalue weighted by Crippen LogP contribution is 2.39. The number of aliphatic carboxylic acids is 1. The number of pyridine rings is 1. The number of nitrogens with zero attached hydrogens (tertiary/aromatic N) is 1. The Balaban J connectivity index is 2.19. The highest BCUT2D eigenvalue weighted by atomic mass is 32.2. The lowest BCUT2D eigenvalue weighted by atomic mass is 9.94. The number of aromatic nitrogens is 1. The first-order chi connectivity index (χ1) is 15.1. The number of hydrogen-bond acceptors (Lipinski definition) is 5. The Labute approximate surface area is 185 Å². The fraction of sp³-hybridized carbons (Fsp3) is 0.400. The molecular formula is C20H21F6N3O3S. The summed E-state index contributed by atoms with van der Waals surface area (Å²) in [6.45, 7) is 0. The number of carboxylic acids is 1. The van der Waals surface area contributed by atoms with Crippen molar-refractivity contribution in [3.05, 3.63) is 53.9 Å². The van der Waals surface area contributed by atoms with Crippen LogP contribution in [0.2, 0.25) is 0 Å². The van der Waals surface area contributed by atoms with Gasteiger partial charge in [-0.25, -0.2) is 4.21 Å². The van der Waals surface area contributed by atoms with Crippen LogP contribution in [0.5, 0.6) is 0 Å². The Morgan fingerprint density at radius 3 is 2.12 bits per heavy atom. The van der Waals surface area contributed by atoms with Crippen molar-refractivity contribution >= 4 is 15.7 Å². The van der Waals surface area contributed by atoms with Gasteiger partial charge in [0, 0.05) is 39.2 Å². The van der Waals surface area contributed by atoms with Crippen molar-refractivity contribution in [1.29, 1.82) is 4.78 Å². The third-order valence-electron chi connectivity index (χ3n) is 4.92. The third kappa shape index (κ3) is 7.70. The fourth-order valence-corrected chi connectivity index (χ4v) is 4.49. The lowest BCUT2D eigenvalue weighted by Gasteiger charge is -2.22. The number of benzene rings is 1. The minimum Gasteiger partial charge on any atom is -0.480 e. The van der Waals surface area contributed by atoms with E-state index >= 15 is 0 Å². The van der Waals surface area contributed by atoms with E-state index in [1.54, 1.807) is 0 Å². The second-order valence-electron chi connectivity index (χ2n) is 7.42. The minimum atomic E-state index is -4.73. The van der Waals surface area contributed by atoms with Crippen molar-refractivity contribution < 1.29 is 40.5 Å². The van der Waals surface area contributed by atoms with Crippen molar-refractivity contribution in [2.45, 2.75) is 37.2 Å². The number of nitrogens with one attached hydrogen (secondary N) is 1. The molecule has 4 N–H and O–H groups in total. The van der Waals surface area contributed by atoms with Crippen molar-refractivity contribution in [2.75, 3.05) is 11.5 Å². The SMILES string of the molecule is N=S(=O)(CCC(c1ccc(-c2cncc(C(F)(F)F)c2)cc1)C(F)(F)F)CC[C@H](N)C(=O)O. The van der Waals surface area contributed by atoms with E-state index in [0.717, 1.165) is 24.4 Å². The molecule has 0 aliphatic rings. The molecule has 0 fully saturated rings. The summed E-state index contributed by atoms with van der Waals surface area (Å²) in [5.41, 5.74) is 4.38. The van der Waals surface area contributed by atoms with E-state index in [2.05, 4.69) is 4.98 Å². The molecule has 0 spiro atoms. The summed E-state index contributed by atoms with van der Waals surface area (Å²) in [6, 6.07) is 4.15. The number of alkyl halides is 6. The predicted octanol–water partition coefficient (Wildman–Crippen LogP) is 4.65. The Hall–Kier alpha value is -2.67. The summed E-state index contributed by atoms with van der Waals surface area (Å²) in [6.07, 6.45) is -8.55. The summed E-state index contributed by atoms with van der Waals surface area (Å²) in [5, 5.41) is 8.72. The van der Waals surface area contributed by atoms with Gasteiger partial charge < -0.3 is 10.8 Å². The maximum atomic E-state index is 13.6. The fourth-order valence-electron chi connectivity index (χ4n) is 3.03. The van der Waals surface area contributed by atoms with Gasteiger partial charge in [-0.05, 0) is 30.0 Å². The zero-order valence-electron chi connectivity index (χ0n) is 17.0. The van der Waals surface area contributed by atoms with E-state index in [4.69, 9.17) is 15.6 Å². The monoisotopic (exact) mass is 497 g/mol. The van der Waals surface area contributed by atoms with Gasteiger partial charge in [-0.1, -0.05) is 24.3 Å². The Kier molecular flexibility index (Phi) is 8.12. The van der Waals surface area contributed by atoms with E-state index in [0.29, 0.717) is 6.20 Å². The molecule has 1 heterocycles. The average molecular weight is 497 g/mol. The summed E-state index contributed by atoms with van der Waals surface area (Å²) in [7, 11) is -3.50. The van der Waals surface area contributed by atoms with E-state index < -0.39 is 63.5 Å². The van der Waals surface area contributed by atoms with Crippen molar-refractivity contribution in [2.24, 2.45) is 5.73 Å². The molecular weight excluding hydrogens is 476 g/mol.